The standard InChI is InChI=1S/C21H28FNO2/c1-16(2)12-23(13-18-8-10-19(22)11-9-18)14-20(24)15-25-21-7-5-4-6-17(21)3/h4-11,16,20,24H,12-15H2,1-3H3. The van der Waals surface area contributed by atoms with Crippen LogP contribution in [0.1, 0.15) is 25.0 Å². The van der Waals surface area contributed by atoms with E-state index >= 15 is 0 Å². The van der Waals surface area contributed by atoms with E-state index in [-0.39, 0.29) is 12.4 Å². The van der Waals surface area contributed by atoms with Gasteiger partial charge in [-0.15, -0.1) is 0 Å². The van der Waals surface area contributed by atoms with Gasteiger partial charge in [0.1, 0.15) is 24.3 Å². The molecule has 0 fully saturated rings. The number of rotatable bonds is 9. The van der Waals surface area contributed by atoms with E-state index in [2.05, 4.69) is 18.7 Å². The van der Waals surface area contributed by atoms with Crippen LogP contribution in [-0.2, 0) is 6.54 Å². The molecule has 0 saturated heterocycles. The maximum absolute atomic E-state index is 13.1. The lowest BCUT2D eigenvalue weighted by atomic mass is 10.1. The van der Waals surface area contributed by atoms with Gasteiger partial charge < -0.3 is 9.84 Å². The number of benzene rings is 2. The van der Waals surface area contributed by atoms with Crippen LogP contribution < -0.4 is 4.74 Å². The highest BCUT2D eigenvalue weighted by molar-refractivity contribution is 5.31. The molecule has 0 saturated carbocycles. The average molecular weight is 345 g/mol. The number of aliphatic hydroxyl groups is 1. The molecule has 0 bridgehead atoms. The van der Waals surface area contributed by atoms with Gasteiger partial charge in [0, 0.05) is 19.6 Å². The highest BCUT2D eigenvalue weighted by Crippen LogP contribution is 2.16. The topological polar surface area (TPSA) is 32.7 Å². The minimum Gasteiger partial charge on any atom is -0.491 e. The van der Waals surface area contributed by atoms with Crippen molar-refractivity contribution in [2.75, 3.05) is 19.7 Å². The fraction of sp³-hybridized carbons (Fsp3) is 0.429. The fourth-order valence-electron chi connectivity index (χ4n) is 2.82. The molecule has 0 radical (unpaired) electrons. The van der Waals surface area contributed by atoms with Gasteiger partial charge in [-0.3, -0.25) is 4.90 Å². The van der Waals surface area contributed by atoms with Gasteiger partial charge in [-0.2, -0.15) is 0 Å². The Hall–Kier alpha value is -1.91. The van der Waals surface area contributed by atoms with Crippen molar-refractivity contribution in [1.29, 1.82) is 0 Å². The summed E-state index contributed by atoms with van der Waals surface area (Å²) in [7, 11) is 0. The molecule has 1 N–H and O–H groups in total. The maximum atomic E-state index is 13.1. The van der Waals surface area contributed by atoms with Crippen molar-refractivity contribution in [2.45, 2.75) is 33.4 Å². The molecule has 3 nitrogen and oxygen atoms in total. The van der Waals surface area contributed by atoms with Crippen LogP contribution in [0.2, 0.25) is 0 Å². The Morgan fingerprint density at radius 3 is 2.36 bits per heavy atom. The van der Waals surface area contributed by atoms with Gasteiger partial charge in [-0.05, 0) is 42.2 Å². The molecule has 25 heavy (non-hydrogen) atoms. The van der Waals surface area contributed by atoms with Crippen LogP contribution in [0.4, 0.5) is 4.39 Å². The number of aryl methyl sites for hydroxylation is 1. The maximum Gasteiger partial charge on any atom is 0.123 e. The van der Waals surface area contributed by atoms with Crippen LogP contribution in [0.25, 0.3) is 0 Å². The molecule has 0 heterocycles. The van der Waals surface area contributed by atoms with E-state index in [1.807, 2.05) is 31.2 Å². The summed E-state index contributed by atoms with van der Waals surface area (Å²) in [5.74, 6) is 1.05. The average Bonchev–Trinajstić information content (AvgIpc) is 2.55. The zero-order chi connectivity index (χ0) is 18.2. The molecule has 4 heteroatoms. The zero-order valence-electron chi connectivity index (χ0n) is 15.3. The van der Waals surface area contributed by atoms with Crippen LogP contribution in [0.15, 0.2) is 48.5 Å². The van der Waals surface area contributed by atoms with Crippen molar-refractivity contribution >= 4 is 0 Å². The molecule has 0 spiro atoms. The molecule has 0 aromatic heterocycles. The monoisotopic (exact) mass is 345 g/mol. The van der Waals surface area contributed by atoms with Gasteiger partial charge in [0.25, 0.3) is 0 Å². The Labute approximate surface area is 150 Å². The Kier molecular flexibility index (Phi) is 7.41. The zero-order valence-corrected chi connectivity index (χ0v) is 15.3. The van der Waals surface area contributed by atoms with Crippen LogP contribution in [0.5, 0.6) is 5.75 Å². The van der Waals surface area contributed by atoms with E-state index in [0.29, 0.717) is 19.0 Å². The second kappa shape index (κ2) is 9.54. The number of hydrogen-bond acceptors (Lipinski definition) is 3. The van der Waals surface area contributed by atoms with Crippen molar-refractivity contribution in [3.05, 3.63) is 65.5 Å². The lowest BCUT2D eigenvalue weighted by molar-refractivity contribution is 0.0613. The number of hydrogen-bond donors (Lipinski definition) is 1. The van der Waals surface area contributed by atoms with Crippen LogP contribution >= 0.6 is 0 Å². The van der Waals surface area contributed by atoms with Crippen LogP contribution in [0.3, 0.4) is 0 Å². The van der Waals surface area contributed by atoms with Gasteiger partial charge >= 0.3 is 0 Å². The van der Waals surface area contributed by atoms with E-state index in [9.17, 15) is 9.50 Å². The number of ether oxygens (including phenoxy) is 1. The van der Waals surface area contributed by atoms with Gasteiger partial charge in [0.05, 0.1) is 0 Å². The normalized spacial score (nSPS) is 12.6. The summed E-state index contributed by atoms with van der Waals surface area (Å²) in [6.45, 7) is 8.59. The summed E-state index contributed by atoms with van der Waals surface area (Å²) in [6.07, 6.45) is -0.584. The smallest absolute Gasteiger partial charge is 0.123 e. The minimum absolute atomic E-state index is 0.231. The largest absolute Gasteiger partial charge is 0.491 e. The quantitative estimate of drug-likeness (QED) is 0.745. The summed E-state index contributed by atoms with van der Waals surface area (Å²) in [5, 5.41) is 10.4. The van der Waals surface area contributed by atoms with Crippen molar-refractivity contribution < 1.29 is 14.2 Å². The lowest BCUT2D eigenvalue weighted by Gasteiger charge is -2.27. The first kappa shape index (κ1) is 19.4. The van der Waals surface area contributed by atoms with E-state index < -0.39 is 6.10 Å². The molecular weight excluding hydrogens is 317 g/mol. The first-order valence-corrected chi connectivity index (χ1v) is 8.77. The molecule has 136 valence electrons. The van der Waals surface area contributed by atoms with Gasteiger partial charge in [0.15, 0.2) is 0 Å². The Balaban J connectivity index is 1.91. The van der Waals surface area contributed by atoms with Gasteiger partial charge in [0.2, 0.25) is 0 Å². The van der Waals surface area contributed by atoms with Gasteiger partial charge in [-0.25, -0.2) is 4.39 Å². The number of aliphatic hydroxyl groups excluding tert-OH is 1. The minimum atomic E-state index is -0.584. The lowest BCUT2D eigenvalue weighted by Crippen LogP contribution is -2.37. The van der Waals surface area contributed by atoms with E-state index in [1.165, 1.54) is 12.1 Å². The summed E-state index contributed by atoms with van der Waals surface area (Å²) in [4.78, 5) is 2.18. The number of para-hydroxylation sites is 1. The van der Waals surface area contributed by atoms with Crippen molar-refractivity contribution in [3.63, 3.8) is 0 Å². The van der Waals surface area contributed by atoms with Crippen molar-refractivity contribution in [2.24, 2.45) is 5.92 Å². The first-order chi connectivity index (χ1) is 11.9. The Morgan fingerprint density at radius 1 is 1.04 bits per heavy atom. The summed E-state index contributed by atoms with van der Waals surface area (Å²) < 4.78 is 18.8. The van der Waals surface area contributed by atoms with Gasteiger partial charge in [-0.1, -0.05) is 44.2 Å². The highest BCUT2D eigenvalue weighted by Gasteiger charge is 2.15. The fourth-order valence-corrected chi connectivity index (χ4v) is 2.82. The third kappa shape index (κ3) is 6.85. The SMILES string of the molecule is Cc1ccccc1OCC(O)CN(Cc1ccc(F)cc1)CC(C)C. The predicted molar refractivity (Wildman–Crippen MR) is 99.2 cm³/mol. The molecule has 2 rings (SSSR count). The summed E-state index contributed by atoms with van der Waals surface area (Å²) in [6, 6.07) is 14.3. The molecular formula is C21H28FNO2. The Morgan fingerprint density at radius 2 is 1.72 bits per heavy atom. The van der Waals surface area contributed by atoms with Crippen LogP contribution in [-0.4, -0.2) is 35.8 Å². The summed E-state index contributed by atoms with van der Waals surface area (Å²) >= 11 is 0. The molecule has 0 aliphatic rings. The second-order valence-corrected chi connectivity index (χ2v) is 6.94. The molecule has 0 amide bonds. The third-order valence-corrected chi connectivity index (χ3v) is 3.94. The molecule has 1 atom stereocenters. The highest BCUT2D eigenvalue weighted by atomic mass is 19.1. The van der Waals surface area contributed by atoms with E-state index in [4.69, 9.17) is 4.74 Å². The molecule has 2 aromatic rings. The molecule has 0 aliphatic heterocycles. The van der Waals surface area contributed by atoms with E-state index in [0.717, 1.165) is 23.4 Å². The molecule has 0 aliphatic carbocycles. The Bertz CT molecular complexity index is 643. The number of nitrogens with zero attached hydrogens (tertiary/aromatic N) is 1. The predicted octanol–water partition coefficient (Wildman–Crippen LogP) is 4.03. The summed E-state index contributed by atoms with van der Waals surface area (Å²) in [5.41, 5.74) is 2.09. The molecule has 2 aromatic carbocycles. The van der Waals surface area contributed by atoms with Crippen molar-refractivity contribution in [1.82, 2.24) is 4.90 Å². The molecule has 1 unspecified atom stereocenters. The third-order valence-electron chi connectivity index (χ3n) is 3.94. The van der Waals surface area contributed by atoms with Crippen LogP contribution in [0, 0.1) is 18.7 Å². The second-order valence-electron chi connectivity index (χ2n) is 6.94. The van der Waals surface area contributed by atoms with Crippen molar-refractivity contribution in [3.8, 4) is 5.75 Å². The number of halogens is 1. The first-order valence-electron chi connectivity index (χ1n) is 8.77. The van der Waals surface area contributed by atoms with E-state index in [1.54, 1.807) is 12.1 Å².